The van der Waals surface area contributed by atoms with Gasteiger partial charge in [-0.15, -0.1) is 0 Å². The lowest BCUT2D eigenvalue weighted by Crippen LogP contribution is -2.22. The Morgan fingerprint density at radius 1 is 1.25 bits per heavy atom. The smallest absolute Gasteiger partial charge is 0.269 e. The van der Waals surface area contributed by atoms with Crippen LogP contribution in [0.2, 0.25) is 0 Å². The van der Waals surface area contributed by atoms with Crippen LogP contribution < -0.4 is 5.32 Å². The summed E-state index contributed by atoms with van der Waals surface area (Å²) in [7, 11) is 0. The molecule has 102 valence electrons. The molecule has 2 aromatic rings. The first-order chi connectivity index (χ1) is 9.56. The fourth-order valence-corrected chi connectivity index (χ4v) is 1.53. The van der Waals surface area contributed by atoms with Crippen molar-refractivity contribution in [1.29, 1.82) is 0 Å². The van der Waals surface area contributed by atoms with Gasteiger partial charge in [-0.25, -0.2) is 4.98 Å². The molecule has 0 aliphatic heterocycles. The van der Waals surface area contributed by atoms with Gasteiger partial charge in [0.2, 0.25) is 5.95 Å². The van der Waals surface area contributed by atoms with Crippen molar-refractivity contribution in [2.24, 2.45) is 0 Å². The maximum Gasteiger partial charge on any atom is 0.269 e. The molecule has 1 N–H and O–H groups in total. The molecular weight excluding hydrogens is 265 g/mol. The lowest BCUT2D eigenvalue weighted by atomic mass is 10.2. The summed E-state index contributed by atoms with van der Waals surface area (Å²) in [5.74, 6) is -1.05. The van der Waals surface area contributed by atoms with Crippen LogP contribution in [-0.2, 0) is 6.54 Å². The Labute approximate surface area is 113 Å². The predicted molar refractivity (Wildman–Crippen MR) is 68.5 cm³/mol. The number of pyridine rings is 1. The number of carbonyl (C=O) groups excluding carboxylic acids is 1. The summed E-state index contributed by atoms with van der Waals surface area (Å²) >= 11 is 0. The Bertz CT molecular complexity index is 626. The fraction of sp³-hybridized carbons (Fsp3) is 0.0769. The highest BCUT2D eigenvalue weighted by molar-refractivity contribution is 5.93. The third-order valence-corrected chi connectivity index (χ3v) is 2.59. The zero-order valence-electron chi connectivity index (χ0n) is 10.2. The third kappa shape index (κ3) is 3.35. The van der Waals surface area contributed by atoms with Crippen molar-refractivity contribution in [2.75, 3.05) is 0 Å². The zero-order valence-corrected chi connectivity index (χ0v) is 10.2. The average Bonchev–Trinajstić information content (AvgIpc) is 2.46. The molecule has 2 rings (SSSR count). The van der Waals surface area contributed by atoms with E-state index in [-0.39, 0.29) is 17.8 Å². The quantitative estimate of drug-likeness (QED) is 0.525. The summed E-state index contributed by atoms with van der Waals surface area (Å²) in [4.78, 5) is 25.1. The number of non-ortho nitro benzene ring substituents is 1. The first-order valence-electron chi connectivity index (χ1n) is 5.69. The Kier molecular flexibility index (Phi) is 3.99. The molecule has 20 heavy (non-hydrogen) atoms. The summed E-state index contributed by atoms with van der Waals surface area (Å²) in [5, 5.41) is 13.1. The van der Waals surface area contributed by atoms with Crippen molar-refractivity contribution in [3.8, 4) is 0 Å². The molecule has 0 saturated heterocycles. The average molecular weight is 275 g/mol. The normalized spacial score (nSPS) is 10.1. The van der Waals surface area contributed by atoms with E-state index in [4.69, 9.17) is 0 Å². The van der Waals surface area contributed by atoms with E-state index >= 15 is 0 Å². The molecule has 0 spiro atoms. The van der Waals surface area contributed by atoms with Gasteiger partial charge in [0, 0.05) is 24.9 Å². The van der Waals surface area contributed by atoms with Crippen LogP contribution in [-0.4, -0.2) is 15.8 Å². The fourth-order valence-electron chi connectivity index (χ4n) is 1.53. The number of nitrogens with one attached hydrogen (secondary N) is 1. The van der Waals surface area contributed by atoms with Gasteiger partial charge in [0.1, 0.15) is 0 Å². The number of hydrogen-bond acceptors (Lipinski definition) is 4. The lowest BCUT2D eigenvalue weighted by molar-refractivity contribution is -0.384. The molecule has 0 saturated carbocycles. The first kappa shape index (κ1) is 13.6. The van der Waals surface area contributed by atoms with Gasteiger partial charge >= 0.3 is 0 Å². The first-order valence-corrected chi connectivity index (χ1v) is 5.69. The van der Waals surface area contributed by atoms with Crippen molar-refractivity contribution < 1.29 is 14.1 Å². The van der Waals surface area contributed by atoms with Crippen molar-refractivity contribution in [2.45, 2.75) is 6.54 Å². The van der Waals surface area contributed by atoms with Crippen molar-refractivity contribution >= 4 is 11.6 Å². The van der Waals surface area contributed by atoms with Gasteiger partial charge in [0.25, 0.3) is 11.6 Å². The number of nitro groups is 1. The second kappa shape index (κ2) is 5.87. The second-order valence-corrected chi connectivity index (χ2v) is 3.98. The van der Waals surface area contributed by atoms with Crippen LogP contribution in [0, 0.1) is 16.1 Å². The van der Waals surface area contributed by atoms with Crippen molar-refractivity contribution in [1.82, 2.24) is 10.3 Å². The molecular formula is C13H10FN3O3. The third-order valence-electron chi connectivity index (χ3n) is 2.59. The van der Waals surface area contributed by atoms with Crippen LogP contribution in [0.5, 0.6) is 0 Å². The minimum absolute atomic E-state index is 0.0113. The molecule has 1 aromatic heterocycles. The molecule has 0 unspecified atom stereocenters. The van der Waals surface area contributed by atoms with E-state index < -0.39 is 16.8 Å². The Morgan fingerprint density at radius 2 is 1.95 bits per heavy atom. The van der Waals surface area contributed by atoms with Gasteiger partial charge in [-0.05, 0) is 17.7 Å². The van der Waals surface area contributed by atoms with E-state index in [1.807, 2.05) is 0 Å². The number of aromatic nitrogens is 1. The van der Waals surface area contributed by atoms with Gasteiger partial charge in [0.15, 0.2) is 0 Å². The van der Waals surface area contributed by atoms with E-state index in [0.29, 0.717) is 0 Å². The summed E-state index contributed by atoms with van der Waals surface area (Å²) in [6.07, 6.45) is 1.14. The predicted octanol–water partition coefficient (Wildman–Crippen LogP) is 2.06. The maximum absolute atomic E-state index is 12.6. The maximum atomic E-state index is 12.6. The Hall–Kier alpha value is -2.83. The minimum atomic E-state index is -0.656. The number of rotatable bonds is 4. The second-order valence-electron chi connectivity index (χ2n) is 3.98. The molecule has 0 atom stereocenters. The molecule has 0 radical (unpaired) electrons. The number of nitro benzene ring substituents is 1. The highest BCUT2D eigenvalue weighted by Crippen LogP contribution is 2.11. The van der Waals surface area contributed by atoms with E-state index in [0.717, 1.165) is 17.8 Å². The van der Waals surface area contributed by atoms with Crippen LogP contribution >= 0.6 is 0 Å². The summed E-state index contributed by atoms with van der Waals surface area (Å²) in [5.41, 5.74) is 0.954. The van der Waals surface area contributed by atoms with Crippen LogP contribution in [0.3, 0.4) is 0 Å². The highest BCUT2D eigenvalue weighted by atomic mass is 19.1. The van der Waals surface area contributed by atoms with E-state index in [2.05, 4.69) is 10.3 Å². The molecule has 1 amide bonds. The van der Waals surface area contributed by atoms with E-state index in [1.165, 1.54) is 18.2 Å². The number of nitrogens with zero attached hydrogens (tertiary/aromatic N) is 2. The van der Waals surface area contributed by atoms with Crippen LogP contribution in [0.25, 0.3) is 0 Å². The van der Waals surface area contributed by atoms with Gasteiger partial charge < -0.3 is 5.32 Å². The Morgan fingerprint density at radius 3 is 2.50 bits per heavy atom. The molecule has 0 fully saturated rings. The summed E-state index contributed by atoms with van der Waals surface area (Å²) in [6.45, 7) is 0.216. The van der Waals surface area contributed by atoms with Crippen LogP contribution in [0.15, 0.2) is 42.6 Å². The number of benzene rings is 1. The van der Waals surface area contributed by atoms with Crippen molar-refractivity contribution in [3.05, 3.63) is 69.8 Å². The van der Waals surface area contributed by atoms with Crippen LogP contribution in [0.1, 0.15) is 15.9 Å². The van der Waals surface area contributed by atoms with Gasteiger partial charge in [-0.3, -0.25) is 14.9 Å². The number of hydrogen-bond donors (Lipinski definition) is 1. The largest absolute Gasteiger partial charge is 0.348 e. The van der Waals surface area contributed by atoms with Gasteiger partial charge in [-0.2, -0.15) is 4.39 Å². The standard InChI is InChI=1S/C13H10FN3O3/c14-12-6-3-10(8-15-12)13(18)16-7-9-1-4-11(5-2-9)17(19)20/h1-6,8H,7H2,(H,16,18). The highest BCUT2D eigenvalue weighted by Gasteiger charge is 2.07. The SMILES string of the molecule is O=C(NCc1ccc([N+](=O)[O-])cc1)c1ccc(F)nc1. The molecule has 0 aliphatic rings. The number of halogens is 1. The summed E-state index contributed by atoms with van der Waals surface area (Å²) < 4.78 is 12.6. The van der Waals surface area contributed by atoms with Crippen LogP contribution in [0.4, 0.5) is 10.1 Å². The molecule has 6 nitrogen and oxygen atoms in total. The zero-order chi connectivity index (χ0) is 14.5. The Balaban J connectivity index is 1.96. The number of amides is 1. The molecule has 0 bridgehead atoms. The van der Waals surface area contributed by atoms with E-state index in [1.54, 1.807) is 12.1 Å². The van der Waals surface area contributed by atoms with Gasteiger partial charge in [0.05, 0.1) is 10.5 Å². The lowest BCUT2D eigenvalue weighted by Gasteiger charge is -2.05. The minimum Gasteiger partial charge on any atom is -0.348 e. The van der Waals surface area contributed by atoms with Crippen molar-refractivity contribution in [3.63, 3.8) is 0 Å². The van der Waals surface area contributed by atoms with E-state index in [9.17, 15) is 19.3 Å². The molecule has 0 aliphatic carbocycles. The number of carbonyl (C=O) groups is 1. The topological polar surface area (TPSA) is 85.1 Å². The molecule has 1 heterocycles. The summed E-state index contributed by atoms with van der Waals surface area (Å²) in [6, 6.07) is 8.26. The molecule has 1 aromatic carbocycles. The monoisotopic (exact) mass is 275 g/mol. The van der Waals surface area contributed by atoms with Gasteiger partial charge in [-0.1, -0.05) is 12.1 Å². The molecule has 7 heteroatoms.